The van der Waals surface area contributed by atoms with Gasteiger partial charge in [-0.2, -0.15) is 5.10 Å². The number of ether oxygens (including phenoxy) is 2. The summed E-state index contributed by atoms with van der Waals surface area (Å²) in [6.45, 7) is 2.67. The Balaban J connectivity index is 1.55. The SMILES string of the molecule is Cc1cc(CN(C(=O)c2ccc3c(c2)OCO3)[C@H]2CCCc3ccccc32)n(C)n1. The molecular formula is C24H25N3O3. The van der Waals surface area contributed by atoms with Crippen molar-refractivity contribution in [1.29, 1.82) is 0 Å². The van der Waals surface area contributed by atoms with Crippen molar-refractivity contribution in [2.75, 3.05) is 6.79 Å². The van der Waals surface area contributed by atoms with E-state index < -0.39 is 0 Å². The van der Waals surface area contributed by atoms with Crippen LogP contribution in [0.1, 0.15) is 51.8 Å². The van der Waals surface area contributed by atoms with Crippen molar-refractivity contribution < 1.29 is 14.3 Å². The summed E-state index contributed by atoms with van der Waals surface area (Å²) < 4.78 is 12.8. The van der Waals surface area contributed by atoms with Gasteiger partial charge in [0.25, 0.3) is 5.91 Å². The molecule has 154 valence electrons. The van der Waals surface area contributed by atoms with E-state index in [0.717, 1.165) is 30.7 Å². The number of fused-ring (bicyclic) bond motifs is 2. The molecule has 0 fully saturated rings. The molecule has 1 atom stereocenters. The average molecular weight is 403 g/mol. The Morgan fingerprint density at radius 3 is 2.83 bits per heavy atom. The highest BCUT2D eigenvalue weighted by Gasteiger charge is 2.31. The number of amides is 1. The second-order valence-electron chi connectivity index (χ2n) is 8.01. The van der Waals surface area contributed by atoms with Crippen LogP contribution >= 0.6 is 0 Å². The standard InChI is InChI=1S/C24H25N3O3/c1-16-12-19(26(2)25-16)14-27(21-9-5-7-17-6-3-4-8-20(17)21)24(28)18-10-11-22-23(13-18)30-15-29-22/h3-4,6,8,10-13,21H,5,7,9,14-15H2,1-2H3/t21-/m0/s1. The quantitative estimate of drug-likeness (QED) is 0.656. The van der Waals surface area contributed by atoms with Crippen LogP contribution in [0.15, 0.2) is 48.5 Å². The minimum atomic E-state index is -0.00569. The topological polar surface area (TPSA) is 56.6 Å². The molecule has 6 nitrogen and oxygen atoms in total. The Morgan fingerprint density at radius 2 is 2.00 bits per heavy atom. The molecule has 5 rings (SSSR count). The summed E-state index contributed by atoms with van der Waals surface area (Å²) in [6.07, 6.45) is 3.07. The van der Waals surface area contributed by atoms with E-state index >= 15 is 0 Å². The second kappa shape index (κ2) is 7.52. The molecule has 0 unspecified atom stereocenters. The molecule has 2 heterocycles. The molecule has 0 bridgehead atoms. The zero-order valence-electron chi connectivity index (χ0n) is 17.3. The van der Waals surface area contributed by atoms with E-state index in [2.05, 4.69) is 35.4 Å². The van der Waals surface area contributed by atoms with Crippen LogP contribution in [0.5, 0.6) is 11.5 Å². The van der Waals surface area contributed by atoms with Gasteiger partial charge in [-0.3, -0.25) is 9.48 Å². The Kier molecular flexibility index (Phi) is 4.69. The maximum absolute atomic E-state index is 13.8. The van der Waals surface area contributed by atoms with E-state index in [9.17, 15) is 4.79 Å². The Labute approximate surface area is 176 Å². The second-order valence-corrected chi connectivity index (χ2v) is 8.01. The summed E-state index contributed by atoms with van der Waals surface area (Å²) in [5.74, 6) is 1.30. The van der Waals surface area contributed by atoms with Gasteiger partial charge in [-0.05, 0) is 61.6 Å². The molecule has 3 aromatic rings. The smallest absolute Gasteiger partial charge is 0.254 e. The van der Waals surface area contributed by atoms with Gasteiger partial charge in [0.15, 0.2) is 11.5 Å². The number of nitrogens with zero attached hydrogens (tertiary/aromatic N) is 3. The minimum Gasteiger partial charge on any atom is -0.454 e. The largest absolute Gasteiger partial charge is 0.454 e. The number of rotatable bonds is 4. The van der Waals surface area contributed by atoms with E-state index in [1.165, 1.54) is 11.1 Å². The number of hydrogen-bond acceptors (Lipinski definition) is 4. The fourth-order valence-electron chi connectivity index (χ4n) is 4.56. The fraction of sp³-hybridized carbons (Fsp3) is 0.333. The Morgan fingerprint density at radius 1 is 1.17 bits per heavy atom. The van der Waals surface area contributed by atoms with Crippen LogP contribution in [0, 0.1) is 6.92 Å². The van der Waals surface area contributed by atoms with Gasteiger partial charge in [-0.25, -0.2) is 0 Å². The third-order valence-corrected chi connectivity index (χ3v) is 6.03. The first-order valence-electron chi connectivity index (χ1n) is 10.4. The van der Waals surface area contributed by atoms with Gasteiger partial charge in [-0.1, -0.05) is 24.3 Å². The number of carbonyl (C=O) groups is 1. The summed E-state index contributed by atoms with van der Waals surface area (Å²) in [7, 11) is 1.93. The minimum absolute atomic E-state index is 0.00569. The van der Waals surface area contributed by atoms with Crippen molar-refractivity contribution in [3.8, 4) is 11.5 Å². The Bertz CT molecular complexity index is 1100. The monoisotopic (exact) mass is 403 g/mol. The third-order valence-electron chi connectivity index (χ3n) is 6.03. The number of aryl methyl sites for hydroxylation is 3. The van der Waals surface area contributed by atoms with Gasteiger partial charge in [-0.15, -0.1) is 0 Å². The lowest BCUT2D eigenvalue weighted by molar-refractivity contribution is 0.0632. The van der Waals surface area contributed by atoms with Crippen molar-refractivity contribution in [2.24, 2.45) is 7.05 Å². The molecule has 1 amide bonds. The van der Waals surface area contributed by atoms with Crippen molar-refractivity contribution in [3.05, 3.63) is 76.6 Å². The van der Waals surface area contributed by atoms with Crippen molar-refractivity contribution in [1.82, 2.24) is 14.7 Å². The number of benzene rings is 2. The van der Waals surface area contributed by atoms with Crippen LogP contribution in [0.2, 0.25) is 0 Å². The van der Waals surface area contributed by atoms with Crippen molar-refractivity contribution >= 4 is 5.91 Å². The van der Waals surface area contributed by atoms with E-state index in [0.29, 0.717) is 23.6 Å². The van der Waals surface area contributed by atoms with Crippen LogP contribution in [-0.2, 0) is 20.0 Å². The van der Waals surface area contributed by atoms with Gasteiger partial charge in [0.2, 0.25) is 6.79 Å². The van der Waals surface area contributed by atoms with E-state index in [4.69, 9.17) is 9.47 Å². The highest BCUT2D eigenvalue weighted by atomic mass is 16.7. The van der Waals surface area contributed by atoms with E-state index in [1.54, 1.807) is 6.07 Å². The molecule has 0 radical (unpaired) electrons. The normalized spacial score (nSPS) is 16.9. The fourth-order valence-corrected chi connectivity index (χ4v) is 4.56. The van der Waals surface area contributed by atoms with Gasteiger partial charge in [0, 0.05) is 12.6 Å². The zero-order chi connectivity index (χ0) is 20.7. The lowest BCUT2D eigenvalue weighted by Gasteiger charge is -2.36. The number of carbonyl (C=O) groups excluding carboxylic acids is 1. The molecule has 1 aromatic heterocycles. The maximum atomic E-state index is 13.8. The summed E-state index contributed by atoms with van der Waals surface area (Å²) in [5, 5.41) is 4.48. The number of hydrogen-bond donors (Lipinski definition) is 0. The molecule has 0 N–H and O–H groups in total. The molecule has 6 heteroatoms. The molecule has 30 heavy (non-hydrogen) atoms. The van der Waals surface area contributed by atoms with Gasteiger partial charge in [0.1, 0.15) is 0 Å². The summed E-state index contributed by atoms with van der Waals surface area (Å²) in [5.41, 5.74) is 5.16. The van der Waals surface area contributed by atoms with Crippen LogP contribution in [0.4, 0.5) is 0 Å². The van der Waals surface area contributed by atoms with Gasteiger partial charge in [0.05, 0.1) is 24.0 Å². The average Bonchev–Trinajstić information content (AvgIpc) is 3.36. The lowest BCUT2D eigenvalue weighted by Crippen LogP contribution is -2.36. The van der Waals surface area contributed by atoms with E-state index in [-0.39, 0.29) is 18.7 Å². The zero-order valence-corrected chi connectivity index (χ0v) is 17.3. The summed E-state index contributed by atoms with van der Waals surface area (Å²) >= 11 is 0. The Hall–Kier alpha value is -3.28. The molecule has 1 aliphatic carbocycles. The van der Waals surface area contributed by atoms with Crippen molar-refractivity contribution in [3.63, 3.8) is 0 Å². The van der Waals surface area contributed by atoms with Crippen LogP contribution in [0.3, 0.4) is 0 Å². The van der Waals surface area contributed by atoms with Gasteiger partial charge < -0.3 is 14.4 Å². The first-order chi connectivity index (χ1) is 14.6. The molecule has 2 aliphatic rings. The highest BCUT2D eigenvalue weighted by molar-refractivity contribution is 5.95. The summed E-state index contributed by atoms with van der Waals surface area (Å²) in [6, 6.07) is 16.0. The molecule has 0 saturated heterocycles. The molecular weight excluding hydrogens is 378 g/mol. The first-order valence-corrected chi connectivity index (χ1v) is 10.4. The highest BCUT2D eigenvalue weighted by Crippen LogP contribution is 2.38. The molecule has 2 aromatic carbocycles. The molecule has 0 spiro atoms. The molecule has 0 saturated carbocycles. The van der Waals surface area contributed by atoms with Crippen LogP contribution in [-0.4, -0.2) is 27.4 Å². The first kappa shape index (κ1) is 18.7. The summed E-state index contributed by atoms with van der Waals surface area (Å²) in [4.78, 5) is 15.8. The van der Waals surface area contributed by atoms with Crippen LogP contribution < -0.4 is 9.47 Å². The van der Waals surface area contributed by atoms with Crippen molar-refractivity contribution in [2.45, 2.75) is 38.8 Å². The predicted molar refractivity (Wildman–Crippen MR) is 113 cm³/mol. The van der Waals surface area contributed by atoms with Crippen LogP contribution in [0.25, 0.3) is 0 Å². The molecule has 1 aliphatic heterocycles. The number of aromatic nitrogens is 2. The lowest BCUT2D eigenvalue weighted by atomic mass is 9.86. The maximum Gasteiger partial charge on any atom is 0.254 e. The van der Waals surface area contributed by atoms with Gasteiger partial charge >= 0.3 is 0 Å². The predicted octanol–water partition coefficient (Wildman–Crippen LogP) is 4.18. The third kappa shape index (κ3) is 3.32. The van der Waals surface area contributed by atoms with E-state index in [1.807, 2.05) is 35.7 Å².